The fourth-order valence-corrected chi connectivity index (χ4v) is 1.89. The van der Waals surface area contributed by atoms with E-state index in [1.54, 1.807) is 18.3 Å². The van der Waals surface area contributed by atoms with E-state index in [2.05, 4.69) is 16.9 Å². The number of hydrogen-bond donors (Lipinski definition) is 1. The zero-order valence-corrected chi connectivity index (χ0v) is 9.69. The largest absolute Gasteiger partial charge is 0.474 e. The molecule has 0 aromatic carbocycles. The zero-order chi connectivity index (χ0) is 12.1. The minimum atomic E-state index is -0.240. The summed E-state index contributed by atoms with van der Waals surface area (Å²) in [5, 5.41) is 2.64. The molecular formula is C13H16N2O2. The van der Waals surface area contributed by atoms with Crippen molar-refractivity contribution in [1.29, 1.82) is 0 Å². The van der Waals surface area contributed by atoms with Gasteiger partial charge in [0.25, 0.3) is 0 Å². The molecule has 4 heteroatoms. The molecule has 1 aliphatic carbocycles. The van der Waals surface area contributed by atoms with Crippen LogP contribution in [0.2, 0.25) is 0 Å². The van der Waals surface area contributed by atoms with Crippen molar-refractivity contribution in [1.82, 2.24) is 4.98 Å². The van der Waals surface area contributed by atoms with Crippen molar-refractivity contribution < 1.29 is 9.53 Å². The summed E-state index contributed by atoms with van der Waals surface area (Å²) in [6, 6.07) is 3.55. The fraction of sp³-hybridized carbons (Fsp3) is 0.385. The molecule has 4 nitrogen and oxygen atoms in total. The topological polar surface area (TPSA) is 51.2 Å². The first-order chi connectivity index (χ1) is 8.28. The van der Waals surface area contributed by atoms with E-state index in [4.69, 9.17) is 4.74 Å². The second kappa shape index (κ2) is 5.48. The predicted molar refractivity (Wildman–Crippen MR) is 65.9 cm³/mol. The van der Waals surface area contributed by atoms with Gasteiger partial charge in [0.1, 0.15) is 6.10 Å². The van der Waals surface area contributed by atoms with E-state index in [1.807, 2.05) is 0 Å². The van der Waals surface area contributed by atoms with Crippen LogP contribution >= 0.6 is 0 Å². The monoisotopic (exact) mass is 232 g/mol. The van der Waals surface area contributed by atoms with Crippen molar-refractivity contribution in [3.05, 3.63) is 31.0 Å². The Kier molecular flexibility index (Phi) is 3.75. The molecule has 1 fully saturated rings. The number of carbonyl (C=O) groups is 1. The van der Waals surface area contributed by atoms with Gasteiger partial charge in [-0.3, -0.25) is 4.79 Å². The standard InChI is InChI=1S/C13H16N2O2/c1-2-12(16)15-10-7-8-13(14-9-10)17-11-5-3-4-6-11/h2,7-9,11H,1,3-6H2,(H,15,16). The summed E-state index contributed by atoms with van der Waals surface area (Å²) in [4.78, 5) is 15.2. The molecule has 17 heavy (non-hydrogen) atoms. The number of nitrogens with one attached hydrogen (secondary N) is 1. The van der Waals surface area contributed by atoms with Gasteiger partial charge in [0.15, 0.2) is 0 Å². The number of ether oxygens (including phenoxy) is 1. The summed E-state index contributed by atoms with van der Waals surface area (Å²) in [5.74, 6) is 0.379. The molecule has 0 atom stereocenters. The summed E-state index contributed by atoms with van der Waals surface area (Å²) >= 11 is 0. The lowest BCUT2D eigenvalue weighted by molar-refractivity contribution is -0.111. The molecule has 0 bridgehead atoms. The van der Waals surface area contributed by atoms with Crippen molar-refractivity contribution in [2.24, 2.45) is 0 Å². The first-order valence-corrected chi connectivity index (χ1v) is 5.84. The average Bonchev–Trinajstić information content (AvgIpc) is 2.84. The van der Waals surface area contributed by atoms with Gasteiger partial charge in [-0.1, -0.05) is 6.58 Å². The normalized spacial score (nSPS) is 15.5. The number of rotatable bonds is 4. The number of anilines is 1. The predicted octanol–water partition coefficient (Wildman–Crippen LogP) is 2.53. The number of aromatic nitrogens is 1. The maximum Gasteiger partial charge on any atom is 0.247 e. The second-order valence-electron chi connectivity index (χ2n) is 4.10. The van der Waals surface area contributed by atoms with Crippen molar-refractivity contribution in [2.75, 3.05) is 5.32 Å². The van der Waals surface area contributed by atoms with Crippen LogP contribution in [0.4, 0.5) is 5.69 Å². The van der Waals surface area contributed by atoms with Gasteiger partial charge in [-0.2, -0.15) is 0 Å². The summed E-state index contributed by atoms with van der Waals surface area (Å²) in [7, 11) is 0. The number of carbonyl (C=O) groups excluding carboxylic acids is 1. The van der Waals surface area contributed by atoms with Gasteiger partial charge in [-0.25, -0.2) is 4.98 Å². The quantitative estimate of drug-likeness (QED) is 0.811. The molecule has 1 saturated carbocycles. The number of pyridine rings is 1. The van der Waals surface area contributed by atoms with Crippen LogP contribution in [0.15, 0.2) is 31.0 Å². The highest BCUT2D eigenvalue weighted by Crippen LogP contribution is 2.23. The minimum absolute atomic E-state index is 0.240. The Bertz CT molecular complexity index is 394. The Hall–Kier alpha value is -1.84. The van der Waals surface area contributed by atoms with E-state index in [0.29, 0.717) is 17.7 Å². The SMILES string of the molecule is C=CC(=O)Nc1ccc(OC2CCCC2)nc1. The Morgan fingerprint density at radius 1 is 1.47 bits per heavy atom. The summed E-state index contributed by atoms with van der Waals surface area (Å²) in [6.45, 7) is 3.39. The molecule has 90 valence electrons. The molecule has 0 aliphatic heterocycles. The first kappa shape index (κ1) is 11.6. The summed E-state index contributed by atoms with van der Waals surface area (Å²) < 4.78 is 5.72. The van der Waals surface area contributed by atoms with Crippen LogP contribution in [0, 0.1) is 0 Å². The van der Waals surface area contributed by atoms with Crippen LogP contribution in [0.5, 0.6) is 5.88 Å². The highest BCUT2D eigenvalue weighted by molar-refractivity contribution is 5.98. The average molecular weight is 232 g/mol. The zero-order valence-electron chi connectivity index (χ0n) is 9.69. The molecule has 0 spiro atoms. The van der Waals surface area contributed by atoms with Gasteiger partial charge in [-0.05, 0) is 37.8 Å². The number of nitrogens with zero attached hydrogens (tertiary/aromatic N) is 1. The molecule has 1 amide bonds. The fourth-order valence-electron chi connectivity index (χ4n) is 1.89. The molecule has 1 heterocycles. The van der Waals surface area contributed by atoms with Gasteiger partial charge in [0.2, 0.25) is 11.8 Å². The van der Waals surface area contributed by atoms with Crippen LogP contribution < -0.4 is 10.1 Å². The summed E-state index contributed by atoms with van der Waals surface area (Å²) in [5.41, 5.74) is 0.647. The smallest absolute Gasteiger partial charge is 0.247 e. The van der Waals surface area contributed by atoms with E-state index in [1.165, 1.54) is 18.9 Å². The van der Waals surface area contributed by atoms with E-state index >= 15 is 0 Å². The van der Waals surface area contributed by atoms with E-state index in [9.17, 15) is 4.79 Å². The number of amides is 1. The maximum absolute atomic E-state index is 11.1. The molecule has 1 aromatic rings. The van der Waals surface area contributed by atoms with Gasteiger partial charge >= 0.3 is 0 Å². The molecule has 0 saturated heterocycles. The third kappa shape index (κ3) is 3.31. The van der Waals surface area contributed by atoms with Crippen LogP contribution in [0.1, 0.15) is 25.7 Å². The first-order valence-electron chi connectivity index (χ1n) is 5.84. The molecule has 1 aromatic heterocycles. The molecule has 0 radical (unpaired) electrons. The molecule has 2 rings (SSSR count). The van der Waals surface area contributed by atoms with E-state index in [-0.39, 0.29) is 5.91 Å². The molecule has 1 aliphatic rings. The summed E-state index contributed by atoms with van der Waals surface area (Å²) in [6.07, 6.45) is 7.80. The van der Waals surface area contributed by atoms with Crippen molar-refractivity contribution in [3.8, 4) is 5.88 Å². The van der Waals surface area contributed by atoms with E-state index < -0.39 is 0 Å². The van der Waals surface area contributed by atoms with Crippen molar-refractivity contribution >= 4 is 11.6 Å². The molecular weight excluding hydrogens is 216 g/mol. The van der Waals surface area contributed by atoms with Crippen LogP contribution in [-0.2, 0) is 4.79 Å². The lowest BCUT2D eigenvalue weighted by atomic mass is 10.3. The van der Waals surface area contributed by atoms with E-state index in [0.717, 1.165) is 12.8 Å². The highest BCUT2D eigenvalue weighted by atomic mass is 16.5. The number of hydrogen-bond acceptors (Lipinski definition) is 3. The second-order valence-corrected chi connectivity index (χ2v) is 4.10. The minimum Gasteiger partial charge on any atom is -0.474 e. The van der Waals surface area contributed by atoms with Crippen molar-refractivity contribution in [2.45, 2.75) is 31.8 Å². The Morgan fingerprint density at radius 2 is 2.24 bits per heavy atom. The van der Waals surface area contributed by atoms with Crippen molar-refractivity contribution in [3.63, 3.8) is 0 Å². The van der Waals surface area contributed by atoms with Gasteiger partial charge in [0, 0.05) is 6.07 Å². The maximum atomic E-state index is 11.1. The highest BCUT2D eigenvalue weighted by Gasteiger charge is 2.16. The molecule has 0 unspecified atom stereocenters. The van der Waals surface area contributed by atoms with Gasteiger partial charge < -0.3 is 10.1 Å². The molecule has 1 N–H and O–H groups in total. The third-order valence-electron chi connectivity index (χ3n) is 2.78. The Labute approximate surface area is 101 Å². The Balaban J connectivity index is 1.92. The lowest BCUT2D eigenvalue weighted by Gasteiger charge is -2.12. The van der Waals surface area contributed by atoms with Gasteiger partial charge in [-0.15, -0.1) is 0 Å². The Morgan fingerprint density at radius 3 is 2.82 bits per heavy atom. The van der Waals surface area contributed by atoms with Crippen LogP contribution in [0.25, 0.3) is 0 Å². The van der Waals surface area contributed by atoms with Gasteiger partial charge in [0.05, 0.1) is 11.9 Å². The van der Waals surface area contributed by atoms with Crippen LogP contribution in [-0.4, -0.2) is 17.0 Å². The third-order valence-corrected chi connectivity index (χ3v) is 2.78. The van der Waals surface area contributed by atoms with Crippen LogP contribution in [0.3, 0.4) is 0 Å². The lowest BCUT2D eigenvalue weighted by Crippen LogP contribution is -2.12.